The highest BCUT2D eigenvalue weighted by molar-refractivity contribution is 5.76. The lowest BCUT2D eigenvalue weighted by atomic mass is 10.1. The van der Waals surface area contributed by atoms with Crippen molar-refractivity contribution in [2.45, 2.75) is 39.3 Å². The molecule has 0 fully saturated rings. The Morgan fingerprint density at radius 2 is 2.23 bits per heavy atom. The Hall–Kier alpha value is -2.50. The molecule has 0 aliphatic carbocycles. The molecule has 0 aliphatic rings. The average Bonchev–Trinajstić information content (AvgIpc) is 2.95. The van der Waals surface area contributed by atoms with Gasteiger partial charge in [-0.15, -0.1) is 0 Å². The fraction of sp³-hybridized carbons (Fsp3) is 0.600. The van der Waals surface area contributed by atoms with Gasteiger partial charge in [0.15, 0.2) is 17.0 Å². The van der Waals surface area contributed by atoms with Gasteiger partial charge in [-0.25, -0.2) is 4.98 Å². The Kier molecular flexibility index (Phi) is 5.95. The van der Waals surface area contributed by atoms with Gasteiger partial charge in [0.1, 0.15) is 19.4 Å². The zero-order valence-corrected chi connectivity index (χ0v) is 15.1. The summed E-state index contributed by atoms with van der Waals surface area (Å²) in [6, 6.07) is -0.484. The van der Waals surface area contributed by atoms with Crippen LogP contribution in [-0.2, 0) is 21.0 Å². The molecule has 26 heavy (non-hydrogen) atoms. The number of anilines is 1. The summed E-state index contributed by atoms with van der Waals surface area (Å²) in [5.74, 6) is -2.25. The molecule has 11 heteroatoms. The Labute approximate surface area is 149 Å². The summed E-state index contributed by atoms with van der Waals surface area (Å²) >= 11 is 0. The second kappa shape index (κ2) is 7.81. The van der Waals surface area contributed by atoms with E-state index in [0.717, 1.165) is 0 Å². The van der Waals surface area contributed by atoms with Gasteiger partial charge in [-0.3, -0.25) is 19.1 Å². The van der Waals surface area contributed by atoms with Crippen LogP contribution in [0.3, 0.4) is 0 Å². The van der Waals surface area contributed by atoms with Crippen molar-refractivity contribution in [3.05, 3.63) is 16.7 Å². The minimum absolute atomic E-state index is 0.0327. The van der Waals surface area contributed by atoms with Gasteiger partial charge in [0, 0.05) is 0 Å². The number of aliphatic hydroxyl groups is 1. The number of hydrogen-bond acceptors (Lipinski definition) is 9. The third-order valence-electron chi connectivity index (χ3n) is 3.72. The van der Waals surface area contributed by atoms with Gasteiger partial charge in [0.05, 0.1) is 6.33 Å². The molecule has 144 valence electrons. The highest BCUT2D eigenvalue weighted by atomic mass is 16.7. The Morgan fingerprint density at radius 1 is 1.54 bits per heavy atom. The number of hydrogen-bond donors (Lipinski definition) is 4. The Morgan fingerprint density at radius 3 is 2.85 bits per heavy atom. The van der Waals surface area contributed by atoms with Crippen LogP contribution >= 0.6 is 0 Å². The van der Waals surface area contributed by atoms with Crippen molar-refractivity contribution in [1.82, 2.24) is 24.8 Å². The van der Waals surface area contributed by atoms with Crippen molar-refractivity contribution in [3.63, 3.8) is 0 Å². The number of likely N-dealkylation sites (N-methyl/N-ethyl adjacent to an activating group) is 1. The number of aromatic nitrogens is 4. The maximum Gasteiger partial charge on any atom is 0.323 e. The molecule has 2 rings (SSSR count). The monoisotopic (exact) mass is 368 g/mol. The van der Waals surface area contributed by atoms with E-state index in [9.17, 15) is 14.7 Å². The molecular formula is C15H24N6O5. The molecule has 0 saturated heterocycles. The maximum absolute atomic E-state index is 12.0. The molecule has 0 saturated carbocycles. The van der Waals surface area contributed by atoms with Crippen molar-refractivity contribution < 1.29 is 19.4 Å². The van der Waals surface area contributed by atoms with Crippen LogP contribution in [0, 0.1) is 5.92 Å². The third-order valence-corrected chi connectivity index (χ3v) is 3.72. The van der Waals surface area contributed by atoms with Crippen LogP contribution in [0.15, 0.2) is 11.1 Å². The number of H-pyrrole nitrogens is 1. The normalized spacial score (nSPS) is 15.2. The molecule has 0 bridgehead atoms. The van der Waals surface area contributed by atoms with E-state index in [0.29, 0.717) is 0 Å². The van der Waals surface area contributed by atoms with Crippen LogP contribution in [0.1, 0.15) is 20.8 Å². The molecule has 11 nitrogen and oxygen atoms in total. The molecule has 0 aliphatic heterocycles. The van der Waals surface area contributed by atoms with E-state index >= 15 is 0 Å². The molecule has 1 unspecified atom stereocenters. The molecular weight excluding hydrogens is 344 g/mol. The van der Waals surface area contributed by atoms with Crippen LogP contribution in [0.4, 0.5) is 5.95 Å². The molecule has 2 atom stereocenters. The molecule has 2 aromatic rings. The molecule has 0 radical (unpaired) electrons. The van der Waals surface area contributed by atoms with Crippen LogP contribution in [0.5, 0.6) is 0 Å². The highest BCUT2D eigenvalue weighted by Crippen LogP contribution is 2.13. The summed E-state index contributed by atoms with van der Waals surface area (Å²) in [5.41, 5.74) is 5.36. The fourth-order valence-electron chi connectivity index (χ4n) is 2.33. The van der Waals surface area contributed by atoms with Crippen LogP contribution in [-0.4, -0.2) is 56.1 Å². The number of esters is 1. The molecule has 0 aromatic carbocycles. The van der Waals surface area contributed by atoms with E-state index in [4.69, 9.17) is 15.2 Å². The molecule has 2 heterocycles. The Bertz CT molecular complexity index is 828. The predicted molar refractivity (Wildman–Crippen MR) is 92.9 cm³/mol. The molecule has 0 spiro atoms. The van der Waals surface area contributed by atoms with Crippen molar-refractivity contribution >= 4 is 23.1 Å². The zero-order chi connectivity index (χ0) is 19.5. The van der Waals surface area contributed by atoms with Crippen molar-refractivity contribution in [2.75, 3.05) is 19.4 Å². The van der Waals surface area contributed by atoms with Gasteiger partial charge in [0.2, 0.25) is 5.95 Å². The zero-order valence-electron chi connectivity index (χ0n) is 15.1. The van der Waals surface area contributed by atoms with Gasteiger partial charge < -0.3 is 25.6 Å². The molecule has 2 aromatic heterocycles. The van der Waals surface area contributed by atoms with Gasteiger partial charge in [-0.1, -0.05) is 13.8 Å². The number of nitrogen functional groups attached to an aromatic ring is 1. The fourth-order valence-corrected chi connectivity index (χ4v) is 2.33. The maximum atomic E-state index is 12.0. The number of fused-ring (bicyclic) bond motifs is 1. The molecule has 0 amide bonds. The van der Waals surface area contributed by atoms with E-state index in [-0.39, 0.29) is 36.4 Å². The number of nitrogens with one attached hydrogen (secondary N) is 2. The van der Waals surface area contributed by atoms with Gasteiger partial charge in [-0.05, 0) is 19.9 Å². The summed E-state index contributed by atoms with van der Waals surface area (Å²) in [6.07, 6.45) is 1.34. The van der Waals surface area contributed by atoms with Gasteiger partial charge >= 0.3 is 5.97 Å². The second-order valence-corrected chi connectivity index (χ2v) is 6.40. The minimum Gasteiger partial charge on any atom is -0.459 e. The van der Waals surface area contributed by atoms with Crippen molar-refractivity contribution in [3.8, 4) is 0 Å². The van der Waals surface area contributed by atoms with Crippen LogP contribution < -0.4 is 16.6 Å². The first-order valence-corrected chi connectivity index (χ1v) is 8.05. The highest BCUT2D eigenvalue weighted by Gasteiger charge is 2.28. The van der Waals surface area contributed by atoms with E-state index in [1.165, 1.54) is 17.8 Å². The number of ether oxygens (including phenoxy) is 2. The van der Waals surface area contributed by atoms with Gasteiger partial charge in [-0.2, -0.15) is 4.98 Å². The number of carbonyl (C=O) groups excluding carboxylic acids is 1. The Balaban J connectivity index is 2.00. The van der Waals surface area contributed by atoms with E-state index in [1.807, 2.05) is 13.8 Å². The van der Waals surface area contributed by atoms with Gasteiger partial charge in [0.25, 0.3) is 5.56 Å². The summed E-state index contributed by atoms with van der Waals surface area (Å²) in [4.78, 5) is 34.0. The number of nitrogens with zero attached hydrogens (tertiary/aromatic N) is 3. The minimum atomic E-state index is -1.74. The standard InChI is InChI=1S/C15H24N6O5/c1-8(2)9(17-4)13(23)25-5-15(3,24)26-7-21-6-18-10-11(21)19-14(16)20-12(10)22/h6,8-9,17,24H,5,7H2,1-4H3,(H3,16,19,20,22)/t9-,15?/m0/s1. The SMILES string of the molecule is CN[C@H](C(=O)OCC(C)(O)OCn1cnc2c(=O)[nH]c(N)nc21)C(C)C. The van der Waals surface area contributed by atoms with Crippen LogP contribution in [0.2, 0.25) is 0 Å². The number of carbonyl (C=O) groups is 1. The third kappa shape index (κ3) is 4.56. The van der Waals surface area contributed by atoms with Crippen molar-refractivity contribution in [1.29, 1.82) is 0 Å². The molecule has 5 N–H and O–H groups in total. The van der Waals surface area contributed by atoms with E-state index in [1.54, 1.807) is 7.05 Å². The predicted octanol–water partition coefficient (Wildman–Crippen LogP) is -0.828. The first-order chi connectivity index (χ1) is 12.1. The second-order valence-electron chi connectivity index (χ2n) is 6.40. The summed E-state index contributed by atoms with van der Waals surface area (Å²) < 4.78 is 11.9. The number of nitrogens with two attached hydrogens (primary N) is 1. The first-order valence-electron chi connectivity index (χ1n) is 8.05. The smallest absolute Gasteiger partial charge is 0.323 e. The topological polar surface area (TPSA) is 157 Å². The van der Waals surface area contributed by atoms with Crippen molar-refractivity contribution in [2.24, 2.45) is 5.92 Å². The number of aromatic amines is 1. The van der Waals surface area contributed by atoms with E-state index in [2.05, 4.69) is 20.3 Å². The van der Waals surface area contributed by atoms with E-state index < -0.39 is 23.4 Å². The first kappa shape index (κ1) is 19.8. The number of imidazole rings is 1. The lowest BCUT2D eigenvalue weighted by molar-refractivity contribution is -0.236. The summed E-state index contributed by atoms with van der Waals surface area (Å²) in [5, 5.41) is 13.1. The summed E-state index contributed by atoms with van der Waals surface area (Å²) in [6.45, 7) is 4.58. The average molecular weight is 368 g/mol. The largest absolute Gasteiger partial charge is 0.459 e. The number of rotatable bonds is 8. The lowest BCUT2D eigenvalue weighted by Crippen LogP contribution is -2.43. The quantitative estimate of drug-likeness (QED) is 0.345. The lowest BCUT2D eigenvalue weighted by Gasteiger charge is -2.25. The summed E-state index contributed by atoms with van der Waals surface area (Å²) in [7, 11) is 1.66. The van der Waals surface area contributed by atoms with Crippen LogP contribution in [0.25, 0.3) is 11.2 Å².